The number of likely N-dealkylation sites (tertiary alicyclic amines) is 1. The summed E-state index contributed by atoms with van der Waals surface area (Å²) in [6.45, 7) is 3.77. The van der Waals surface area contributed by atoms with Crippen molar-refractivity contribution in [2.45, 2.75) is 25.8 Å². The highest BCUT2D eigenvalue weighted by Gasteiger charge is 2.29. The minimum atomic E-state index is -0.139. The first-order valence-electron chi connectivity index (χ1n) is 11.8. The van der Waals surface area contributed by atoms with Crippen molar-refractivity contribution in [2.75, 3.05) is 32.0 Å². The van der Waals surface area contributed by atoms with Crippen molar-refractivity contribution >= 4 is 17.6 Å². The van der Waals surface area contributed by atoms with Crippen molar-refractivity contribution in [1.29, 1.82) is 0 Å². The van der Waals surface area contributed by atoms with E-state index in [1.54, 1.807) is 6.20 Å². The number of benzene rings is 2. The fourth-order valence-corrected chi connectivity index (χ4v) is 4.54. The van der Waals surface area contributed by atoms with Crippen molar-refractivity contribution in [3.63, 3.8) is 0 Å². The molecule has 176 valence electrons. The molecule has 1 saturated heterocycles. The van der Waals surface area contributed by atoms with Gasteiger partial charge in [0.2, 0.25) is 11.8 Å². The van der Waals surface area contributed by atoms with Crippen molar-refractivity contribution in [3.8, 4) is 0 Å². The van der Waals surface area contributed by atoms with Crippen LogP contribution in [0.4, 0.5) is 5.82 Å². The number of carbonyl (C=O) groups excluding carboxylic acids is 2. The molecule has 0 atom stereocenters. The molecule has 2 aromatic carbocycles. The lowest BCUT2D eigenvalue weighted by Crippen LogP contribution is -2.44. The monoisotopic (exact) mass is 456 g/mol. The van der Waals surface area contributed by atoms with Gasteiger partial charge in [0.15, 0.2) is 0 Å². The predicted molar refractivity (Wildman–Crippen MR) is 134 cm³/mol. The Balaban J connectivity index is 1.35. The van der Waals surface area contributed by atoms with Gasteiger partial charge in [-0.25, -0.2) is 4.98 Å². The molecule has 0 radical (unpaired) electrons. The molecule has 2 amide bonds. The van der Waals surface area contributed by atoms with Crippen molar-refractivity contribution in [3.05, 3.63) is 95.7 Å². The third-order valence-corrected chi connectivity index (χ3v) is 6.50. The number of nitrogens with zero attached hydrogens (tertiary/aromatic N) is 3. The van der Waals surface area contributed by atoms with Gasteiger partial charge >= 0.3 is 0 Å². The standard InChI is InChI=1S/C28H32N4O2/c1-21-13-16-29-25(19-21)30-28(34)24-14-17-32(18-15-24)20-26(33)31(2)27(22-9-5-3-6-10-22)23-11-7-4-8-12-23/h3-13,16,19,24,27H,14-15,17-18,20H2,1-2H3,(H,29,30,34). The van der Waals surface area contributed by atoms with Gasteiger partial charge in [-0.1, -0.05) is 60.7 Å². The number of rotatable bonds is 7. The van der Waals surface area contributed by atoms with E-state index in [0.717, 1.165) is 42.6 Å². The fraction of sp³-hybridized carbons (Fsp3) is 0.321. The molecule has 0 saturated carbocycles. The second-order valence-corrected chi connectivity index (χ2v) is 8.99. The zero-order valence-corrected chi connectivity index (χ0v) is 19.9. The van der Waals surface area contributed by atoms with Crippen LogP contribution in [0.25, 0.3) is 0 Å². The third kappa shape index (κ3) is 5.88. The van der Waals surface area contributed by atoms with E-state index in [0.29, 0.717) is 12.4 Å². The molecule has 1 fully saturated rings. The number of aryl methyl sites for hydroxylation is 1. The zero-order valence-electron chi connectivity index (χ0n) is 19.9. The van der Waals surface area contributed by atoms with Crippen LogP contribution in [0.15, 0.2) is 79.0 Å². The summed E-state index contributed by atoms with van der Waals surface area (Å²) >= 11 is 0. The van der Waals surface area contributed by atoms with Gasteiger partial charge in [0, 0.05) is 19.2 Å². The van der Waals surface area contributed by atoms with E-state index in [9.17, 15) is 9.59 Å². The molecular formula is C28H32N4O2. The Morgan fingerprint density at radius 3 is 2.15 bits per heavy atom. The van der Waals surface area contributed by atoms with Crippen LogP contribution < -0.4 is 5.32 Å². The Bertz CT molecular complexity index is 1060. The van der Waals surface area contributed by atoms with Crippen LogP contribution in [0.1, 0.15) is 35.6 Å². The van der Waals surface area contributed by atoms with Crippen LogP contribution in [-0.4, -0.2) is 53.3 Å². The summed E-state index contributed by atoms with van der Waals surface area (Å²) < 4.78 is 0. The van der Waals surface area contributed by atoms with Crippen molar-refractivity contribution in [2.24, 2.45) is 5.92 Å². The van der Waals surface area contributed by atoms with E-state index < -0.39 is 0 Å². The van der Waals surface area contributed by atoms with Gasteiger partial charge in [-0.05, 0) is 61.7 Å². The SMILES string of the molecule is Cc1ccnc(NC(=O)C2CCN(CC(=O)N(C)C(c3ccccc3)c3ccccc3)CC2)c1. The van der Waals surface area contributed by atoms with E-state index in [1.807, 2.05) is 67.4 Å². The topological polar surface area (TPSA) is 65.5 Å². The molecule has 0 unspecified atom stereocenters. The lowest BCUT2D eigenvalue weighted by atomic mass is 9.95. The van der Waals surface area contributed by atoms with Crippen LogP contribution in [0.3, 0.4) is 0 Å². The van der Waals surface area contributed by atoms with E-state index in [-0.39, 0.29) is 23.8 Å². The highest BCUT2D eigenvalue weighted by molar-refractivity contribution is 5.91. The zero-order chi connectivity index (χ0) is 23.9. The molecule has 1 aliphatic heterocycles. The predicted octanol–water partition coefficient (Wildman–Crippen LogP) is 4.29. The van der Waals surface area contributed by atoms with E-state index in [2.05, 4.69) is 39.5 Å². The number of amides is 2. The number of hydrogen-bond donors (Lipinski definition) is 1. The molecule has 1 aromatic heterocycles. The molecule has 34 heavy (non-hydrogen) atoms. The van der Waals surface area contributed by atoms with Gasteiger partial charge in [-0.3, -0.25) is 14.5 Å². The maximum absolute atomic E-state index is 13.3. The Kier molecular flexibility index (Phi) is 7.70. The minimum absolute atomic E-state index is 0.00872. The Hall–Kier alpha value is -3.51. The number of nitrogens with one attached hydrogen (secondary N) is 1. The lowest BCUT2D eigenvalue weighted by molar-refractivity contribution is -0.133. The summed E-state index contributed by atoms with van der Waals surface area (Å²) in [5, 5.41) is 2.93. The summed E-state index contributed by atoms with van der Waals surface area (Å²) in [5.41, 5.74) is 3.24. The highest BCUT2D eigenvalue weighted by atomic mass is 16.2. The number of pyridine rings is 1. The third-order valence-electron chi connectivity index (χ3n) is 6.50. The normalized spacial score (nSPS) is 14.7. The molecule has 2 heterocycles. The Labute approximate surface area is 201 Å². The highest BCUT2D eigenvalue weighted by Crippen LogP contribution is 2.28. The molecule has 6 heteroatoms. The molecule has 3 aromatic rings. The molecule has 1 aliphatic rings. The molecule has 0 aliphatic carbocycles. The Morgan fingerprint density at radius 2 is 1.59 bits per heavy atom. The second-order valence-electron chi connectivity index (χ2n) is 8.99. The summed E-state index contributed by atoms with van der Waals surface area (Å²) in [6, 6.07) is 23.9. The summed E-state index contributed by atoms with van der Waals surface area (Å²) in [4.78, 5) is 34.2. The number of hydrogen-bond acceptors (Lipinski definition) is 4. The molecule has 6 nitrogen and oxygen atoms in total. The van der Waals surface area contributed by atoms with E-state index in [4.69, 9.17) is 0 Å². The number of piperidine rings is 1. The van der Waals surface area contributed by atoms with Gasteiger partial charge in [0.1, 0.15) is 5.82 Å². The number of carbonyl (C=O) groups is 2. The molecule has 1 N–H and O–H groups in total. The average molecular weight is 457 g/mol. The fourth-order valence-electron chi connectivity index (χ4n) is 4.54. The maximum atomic E-state index is 13.3. The van der Waals surface area contributed by atoms with Gasteiger partial charge in [-0.2, -0.15) is 0 Å². The van der Waals surface area contributed by atoms with Crippen LogP contribution in [0, 0.1) is 12.8 Å². The number of likely N-dealkylation sites (N-methyl/N-ethyl adjacent to an activating group) is 1. The molecular weight excluding hydrogens is 424 g/mol. The first kappa shape index (κ1) is 23.6. The van der Waals surface area contributed by atoms with Crippen LogP contribution in [-0.2, 0) is 9.59 Å². The first-order chi connectivity index (χ1) is 16.5. The van der Waals surface area contributed by atoms with Gasteiger partial charge < -0.3 is 10.2 Å². The second kappa shape index (κ2) is 11.1. The van der Waals surface area contributed by atoms with E-state index >= 15 is 0 Å². The average Bonchev–Trinajstić information content (AvgIpc) is 2.86. The summed E-state index contributed by atoms with van der Waals surface area (Å²) in [7, 11) is 1.88. The number of aromatic nitrogens is 1. The maximum Gasteiger partial charge on any atom is 0.237 e. The quantitative estimate of drug-likeness (QED) is 0.576. The lowest BCUT2D eigenvalue weighted by Gasteiger charge is -2.34. The Morgan fingerprint density at radius 1 is 1.00 bits per heavy atom. The first-order valence-corrected chi connectivity index (χ1v) is 11.8. The summed E-state index contributed by atoms with van der Waals surface area (Å²) in [5.74, 6) is 0.615. The minimum Gasteiger partial charge on any atom is -0.334 e. The smallest absolute Gasteiger partial charge is 0.237 e. The van der Waals surface area contributed by atoms with Crippen molar-refractivity contribution < 1.29 is 9.59 Å². The molecule has 0 bridgehead atoms. The number of anilines is 1. The van der Waals surface area contributed by atoms with E-state index in [1.165, 1.54) is 0 Å². The van der Waals surface area contributed by atoms with Crippen LogP contribution in [0.5, 0.6) is 0 Å². The van der Waals surface area contributed by atoms with Gasteiger partial charge in [-0.15, -0.1) is 0 Å². The van der Waals surface area contributed by atoms with Gasteiger partial charge in [0.05, 0.1) is 12.6 Å². The van der Waals surface area contributed by atoms with Gasteiger partial charge in [0.25, 0.3) is 0 Å². The van der Waals surface area contributed by atoms with Crippen LogP contribution in [0.2, 0.25) is 0 Å². The van der Waals surface area contributed by atoms with Crippen LogP contribution >= 0.6 is 0 Å². The largest absolute Gasteiger partial charge is 0.334 e. The summed E-state index contributed by atoms with van der Waals surface area (Å²) in [6.07, 6.45) is 3.17. The molecule has 0 spiro atoms. The molecule has 4 rings (SSSR count). The van der Waals surface area contributed by atoms with Crippen molar-refractivity contribution in [1.82, 2.24) is 14.8 Å².